The molecule has 0 unspecified atom stereocenters. The fourth-order valence-electron chi connectivity index (χ4n) is 4.67. The summed E-state index contributed by atoms with van der Waals surface area (Å²) in [5.41, 5.74) is 4.37. The zero-order chi connectivity index (χ0) is 24.8. The number of hydrogen-bond acceptors (Lipinski definition) is 6. The first-order chi connectivity index (χ1) is 17.4. The Morgan fingerprint density at radius 1 is 1.08 bits per heavy atom. The summed E-state index contributed by atoms with van der Waals surface area (Å²) in [6.07, 6.45) is 8.55. The Hall–Kier alpha value is -3.78. The summed E-state index contributed by atoms with van der Waals surface area (Å²) in [6.45, 7) is 2.00. The molecule has 2 saturated carbocycles. The molecular weight excluding hydrogens is 476 g/mol. The lowest BCUT2D eigenvalue weighted by Gasteiger charge is -2.07. The van der Waals surface area contributed by atoms with Gasteiger partial charge in [0, 0.05) is 29.4 Å². The van der Waals surface area contributed by atoms with Crippen LogP contribution in [0.3, 0.4) is 0 Å². The van der Waals surface area contributed by atoms with Crippen LogP contribution in [0.15, 0.2) is 55.1 Å². The van der Waals surface area contributed by atoms with Crippen molar-refractivity contribution in [1.29, 1.82) is 0 Å². The predicted octanol–water partition coefficient (Wildman–Crippen LogP) is 5.21. The molecule has 1 aromatic carbocycles. The molecule has 2 N–H and O–H groups in total. The van der Waals surface area contributed by atoms with Crippen molar-refractivity contribution in [2.24, 2.45) is 5.92 Å². The zero-order valence-electron chi connectivity index (χ0n) is 19.7. The molecule has 182 valence electrons. The molecule has 9 heteroatoms. The summed E-state index contributed by atoms with van der Waals surface area (Å²) in [7, 11) is 0. The second-order valence-electron chi connectivity index (χ2n) is 9.62. The molecule has 2 aliphatic carbocycles. The van der Waals surface area contributed by atoms with Crippen LogP contribution in [0.25, 0.3) is 5.65 Å². The number of carbonyl (C=O) groups excluding carboxylic acids is 2. The zero-order valence-corrected chi connectivity index (χ0v) is 20.5. The van der Waals surface area contributed by atoms with Gasteiger partial charge in [0.05, 0.1) is 17.8 Å². The maximum absolute atomic E-state index is 12.7. The Kier molecular flexibility index (Phi) is 5.68. The first kappa shape index (κ1) is 22.7. The number of rotatable bonds is 8. The number of fused-ring (bicyclic) bond motifs is 1. The van der Waals surface area contributed by atoms with Crippen molar-refractivity contribution in [3.8, 4) is 0 Å². The van der Waals surface area contributed by atoms with E-state index in [0.29, 0.717) is 40.3 Å². The van der Waals surface area contributed by atoms with Crippen molar-refractivity contribution in [3.63, 3.8) is 0 Å². The molecule has 0 radical (unpaired) electrons. The fourth-order valence-corrected chi connectivity index (χ4v) is 4.87. The normalized spacial score (nSPS) is 18.7. The van der Waals surface area contributed by atoms with Crippen LogP contribution in [0, 0.1) is 5.92 Å². The molecule has 0 aliphatic heterocycles. The number of anilines is 2. The number of imidazole rings is 1. The summed E-state index contributed by atoms with van der Waals surface area (Å²) in [6, 6.07) is 11.3. The van der Waals surface area contributed by atoms with Gasteiger partial charge in [0.25, 0.3) is 0 Å². The molecule has 4 aromatic rings. The van der Waals surface area contributed by atoms with Crippen molar-refractivity contribution in [3.05, 3.63) is 82.5 Å². The second kappa shape index (κ2) is 9.02. The van der Waals surface area contributed by atoms with E-state index in [4.69, 9.17) is 11.6 Å². The van der Waals surface area contributed by atoms with E-state index < -0.39 is 0 Å². The maximum Gasteiger partial charge on any atom is 0.229 e. The van der Waals surface area contributed by atoms with Crippen LogP contribution < -0.4 is 10.6 Å². The number of carbonyl (C=O) groups is 2. The van der Waals surface area contributed by atoms with Gasteiger partial charge in [-0.05, 0) is 67.3 Å². The monoisotopic (exact) mass is 500 g/mol. The molecule has 6 rings (SSSR count). The summed E-state index contributed by atoms with van der Waals surface area (Å²) in [5, 5.41) is 6.82. The summed E-state index contributed by atoms with van der Waals surface area (Å²) >= 11 is 6.09. The predicted molar refractivity (Wildman–Crippen MR) is 137 cm³/mol. The number of nitrogens with one attached hydrogen (secondary N) is 2. The van der Waals surface area contributed by atoms with Gasteiger partial charge in [0.15, 0.2) is 5.78 Å². The van der Waals surface area contributed by atoms with Gasteiger partial charge in [-0.1, -0.05) is 23.7 Å². The molecule has 2 aliphatic rings. The van der Waals surface area contributed by atoms with Gasteiger partial charge in [-0.2, -0.15) is 0 Å². The average Bonchev–Trinajstić information content (AvgIpc) is 3.78. The smallest absolute Gasteiger partial charge is 0.229 e. The van der Waals surface area contributed by atoms with E-state index in [1.165, 1.54) is 24.7 Å². The van der Waals surface area contributed by atoms with Crippen LogP contribution >= 0.6 is 11.6 Å². The largest absolute Gasteiger partial charge is 0.364 e. The Morgan fingerprint density at radius 3 is 2.69 bits per heavy atom. The van der Waals surface area contributed by atoms with E-state index in [0.717, 1.165) is 17.7 Å². The minimum absolute atomic E-state index is 0.0112. The maximum atomic E-state index is 12.7. The molecular formula is C27H25ClN6O2. The van der Waals surface area contributed by atoms with Crippen molar-refractivity contribution in [1.82, 2.24) is 19.4 Å². The number of pyridine rings is 1. The highest BCUT2D eigenvalue weighted by Gasteiger charge is 2.44. The van der Waals surface area contributed by atoms with Gasteiger partial charge in [0.2, 0.25) is 5.91 Å². The van der Waals surface area contributed by atoms with Crippen LogP contribution in [0.4, 0.5) is 11.6 Å². The quantitative estimate of drug-likeness (QED) is 0.322. The summed E-state index contributed by atoms with van der Waals surface area (Å²) in [4.78, 5) is 38.1. The number of nitrogens with zero attached hydrogens (tertiary/aromatic N) is 4. The lowest BCUT2D eigenvalue weighted by molar-refractivity contribution is -0.117. The van der Waals surface area contributed by atoms with Gasteiger partial charge in [-0.15, -0.1) is 0 Å². The molecule has 0 bridgehead atoms. The minimum atomic E-state index is -0.0937. The minimum Gasteiger partial charge on any atom is -0.364 e. The van der Waals surface area contributed by atoms with Crippen LogP contribution in [-0.4, -0.2) is 31.0 Å². The third kappa shape index (κ3) is 4.68. The third-order valence-electron chi connectivity index (χ3n) is 6.82. The van der Waals surface area contributed by atoms with Gasteiger partial charge in [-0.3, -0.25) is 9.59 Å². The van der Waals surface area contributed by atoms with Crippen LogP contribution in [0.5, 0.6) is 0 Å². The molecule has 8 nitrogen and oxygen atoms in total. The topological polar surface area (TPSA) is 101 Å². The number of halogens is 1. The number of aromatic nitrogens is 4. The van der Waals surface area contributed by atoms with Gasteiger partial charge < -0.3 is 15.0 Å². The lowest BCUT2D eigenvalue weighted by atomic mass is 10.1. The molecule has 2 atom stereocenters. The van der Waals surface area contributed by atoms with Gasteiger partial charge in [-0.25, -0.2) is 15.0 Å². The molecule has 2 fully saturated rings. The Morgan fingerprint density at radius 2 is 1.92 bits per heavy atom. The van der Waals surface area contributed by atoms with Crippen LogP contribution in [0.1, 0.15) is 65.2 Å². The number of amides is 1. The lowest BCUT2D eigenvalue weighted by Crippen LogP contribution is -2.16. The van der Waals surface area contributed by atoms with Crippen molar-refractivity contribution < 1.29 is 9.59 Å². The van der Waals surface area contributed by atoms with Gasteiger partial charge >= 0.3 is 0 Å². The Bertz CT molecular complexity index is 1490. The van der Waals surface area contributed by atoms with Crippen LogP contribution in [-0.2, 0) is 11.3 Å². The molecule has 3 aromatic heterocycles. The summed E-state index contributed by atoms with van der Waals surface area (Å²) in [5.74, 6) is 1.59. The standard InChI is InChI=1S/C27H25ClN6O2/c1-15(35)21-8-18(16-5-6-16)12-34-13-20(32-26(21)34)11-29-24-10-25(31-14-30-24)33-27(36)23-9-22(23)17-3-2-4-19(28)7-17/h2-4,7-8,10,12-14,16,22-23H,5-6,9,11H2,1H3,(H2,29,30,31,33,36)/t22-,23+/m1/s1. The Labute approximate surface area is 213 Å². The molecule has 1 amide bonds. The summed E-state index contributed by atoms with van der Waals surface area (Å²) < 4.78 is 1.94. The highest BCUT2D eigenvalue weighted by atomic mass is 35.5. The van der Waals surface area contributed by atoms with Gasteiger partial charge in [0.1, 0.15) is 23.6 Å². The number of ketones is 1. The number of hydrogen-bond donors (Lipinski definition) is 2. The number of benzene rings is 1. The van der Waals surface area contributed by atoms with E-state index in [-0.39, 0.29) is 23.5 Å². The highest BCUT2D eigenvalue weighted by molar-refractivity contribution is 6.30. The molecule has 36 heavy (non-hydrogen) atoms. The first-order valence-electron chi connectivity index (χ1n) is 12.1. The van der Waals surface area contributed by atoms with E-state index in [1.807, 2.05) is 40.9 Å². The van der Waals surface area contributed by atoms with Crippen molar-refractivity contribution in [2.75, 3.05) is 10.6 Å². The first-order valence-corrected chi connectivity index (χ1v) is 12.5. The second-order valence-corrected chi connectivity index (χ2v) is 10.1. The molecule has 3 heterocycles. The fraction of sp³-hybridized carbons (Fsp3) is 0.296. The van der Waals surface area contributed by atoms with E-state index >= 15 is 0 Å². The van der Waals surface area contributed by atoms with E-state index in [1.54, 1.807) is 13.0 Å². The average molecular weight is 501 g/mol. The third-order valence-corrected chi connectivity index (χ3v) is 7.06. The SMILES string of the molecule is CC(=O)c1cc(C2CC2)cn2cc(CNc3cc(NC(=O)[C@H]4C[C@@H]4c4cccc(Cl)c4)ncn3)nc12. The van der Waals surface area contributed by atoms with Crippen molar-refractivity contribution >= 4 is 40.6 Å². The van der Waals surface area contributed by atoms with E-state index in [2.05, 4.69) is 31.8 Å². The molecule has 0 spiro atoms. The molecule has 0 saturated heterocycles. The number of Topliss-reactive ketones (excluding diaryl/α,β-unsaturated/α-hetero) is 1. The van der Waals surface area contributed by atoms with Crippen LogP contribution in [0.2, 0.25) is 5.02 Å². The van der Waals surface area contributed by atoms with E-state index in [9.17, 15) is 9.59 Å². The highest BCUT2D eigenvalue weighted by Crippen LogP contribution is 2.48. The Balaban J connectivity index is 1.11. The van der Waals surface area contributed by atoms with Crippen molar-refractivity contribution in [2.45, 2.75) is 44.6 Å².